The maximum Gasteiger partial charge on any atom is 0.508 e. The number of carbonyl (C=O) groups is 3. The van der Waals surface area contributed by atoms with Gasteiger partial charge in [0.1, 0.15) is 50.8 Å². The van der Waals surface area contributed by atoms with E-state index in [9.17, 15) is 14.4 Å². The van der Waals surface area contributed by atoms with Gasteiger partial charge in [0.25, 0.3) is 0 Å². The Morgan fingerprint density at radius 3 is 1.62 bits per heavy atom. The largest absolute Gasteiger partial charge is 0.508 e. The molecule has 0 spiro atoms. The fraction of sp³-hybridized carbons (Fsp3) is 0.800. The lowest BCUT2D eigenvalue weighted by molar-refractivity contribution is -0.0323. The number of ether oxygens (including phenoxy) is 8. The highest BCUT2D eigenvalue weighted by Crippen LogP contribution is 2.10. The molecule has 26 heavy (non-hydrogen) atoms. The van der Waals surface area contributed by atoms with Crippen molar-refractivity contribution in [3.63, 3.8) is 0 Å². The van der Waals surface area contributed by atoms with Crippen molar-refractivity contribution in [1.29, 1.82) is 0 Å². The first-order valence-corrected chi connectivity index (χ1v) is 8.12. The summed E-state index contributed by atoms with van der Waals surface area (Å²) < 4.78 is 38.6. The molecule has 0 saturated carbocycles. The number of hydrogen-bond acceptors (Lipinski definition) is 11. The van der Waals surface area contributed by atoms with E-state index in [1.807, 2.05) is 0 Å². The molecule has 0 amide bonds. The van der Waals surface area contributed by atoms with Crippen LogP contribution < -0.4 is 0 Å². The molecule has 2 aliphatic rings. The molecule has 0 aromatic rings. The molecular weight excluding hydrogens is 356 g/mol. The predicted molar refractivity (Wildman–Crippen MR) is 80.6 cm³/mol. The first-order chi connectivity index (χ1) is 12.4. The number of rotatable bonds is 10. The monoisotopic (exact) mass is 378 g/mol. The van der Waals surface area contributed by atoms with E-state index in [4.69, 9.17) is 37.9 Å². The second kappa shape index (κ2) is 10.0. The Balaban J connectivity index is 1.47. The standard InChI is InChI=1S/C15H22O11/c1-9(3-21-13(16)23-7-11-5-19-11)25-14(17)22-4-10(2)26-15(18)24-8-12-6-20-12/h9-12H,3-8H2,1-2H3. The van der Waals surface area contributed by atoms with Crippen LogP contribution in [0.15, 0.2) is 0 Å². The molecule has 0 radical (unpaired) electrons. The number of epoxide rings is 2. The third kappa shape index (κ3) is 9.28. The summed E-state index contributed by atoms with van der Waals surface area (Å²) in [7, 11) is 0. The third-order valence-corrected chi connectivity index (χ3v) is 3.05. The lowest BCUT2D eigenvalue weighted by atomic mass is 10.4. The van der Waals surface area contributed by atoms with Gasteiger partial charge in [-0.3, -0.25) is 0 Å². The summed E-state index contributed by atoms with van der Waals surface area (Å²) in [6, 6.07) is 0. The highest BCUT2D eigenvalue weighted by Gasteiger charge is 2.26. The van der Waals surface area contributed by atoms with Crippen LogP contribution in [0, 0.1) is 0 Å². The average molecular weight is 378 g/mol. The molecule has 2 saturated heterocycles. The van der Waals surface area contributed by atoms with Gasteiger partial charge in [-0.1, -0.05) is 0 Å². The van der Waals surface area contributed by atoms with Gasteiger partial charge in [0.2, 0.25) is 0 Å². The Bertz CT molecular complexity index is 486. The fourth-order valence-corrected chi connectivity index (χ4v) is 1.53. The molecule has 4 atom stereocenters. The minimum Gasteiger partial charge on any atom is -0.431 e. The van der Waals surface area contributed by atoms with Gasteiger partial charge >= 0.3 is 18.5 Å². The summed E-state index contributed by atoms with van der Waals surface area (Å²) in [5.41, 5.74) is 0. The van der Waals surface area contributed by atoms with Gasteiger partial charge in [-0.25, -0.2) is 14.4 Å². The summed E-state index contributed by atoms with van der Waals surface area (Å²) in [6.07, 6.45) is -4.32. The zero-order valence-corrected chi connectivity index (χ0v) is 14.5. The Labute approximate surface area is 149 Å². The molecule has 0 aromatic carbocycles. The molecule has 2 rings (SSSR count). The van der Waals surface area contributed by atoms with Gasteiger partial charge in [0.15, 0.2) is 0 Å². The zero-order valence-electron chi connectivity index (χ0n) is 14.5. The van der Waals surface area contributed by atoms with Crippen molar-refractivity contribution in [2.24, 2.45) is 0 Å². The number of carbonyl (C=O) groups excluding carboxylic acids is 3. The second-order valence-electron chi connectivity index (χ2n) is 5.76. The van der Waals surface area contributed by atoms with Crippen LogP contribution >= 0.6 is 0 Å². The molecule has 11 heteroatoms. The first kappa shape index (κ1) is 20.0. The lowest BCUT2D eigenvalue weighted by Gasteiger charge is -2.15. The summed E-state index contributed by atoms with van der Waals surface area (Å²) in [6.45, 7) is 4.00. The fourth-order valence-electron chi connectivity index (χ4n) is 1.53. The highest BCUT2D eigenvalue weighted by atomic mass is 16.8. The Kier molecular flexibility index (Phi) is 7.73. The van der Waals surface area contributed by atoms with Crippen LogP contribution in [-0.2, 0) is 37.9 Å². The van der Waals surface area contributed by atoms with Crippen molar-refractivity contribution in [1.82, 2.24) is 0 Å². The predicted octanol–water partition coefficient (Wildman–Crippen LogP) is 1.02. The lowest BCUT2D eigenvalue weighted by Crippen LogP contribution is -2.27. The number of hydrogen-bond donors (Lipinski definition) is 0. The van der Waals surface area contributed by atoms with Gasteiger partial charge in [0.05, 0.1) is 13.2 Å². The van der Waals surface area contributed by atoms with Gasteiger partial charge in [0, 0.05) is 0 Å². The van der Waals surface area contributed by atoms with Crippen LogP contribution in [0.2, 0.25) is 0 Å². The van der Waals surface area contributed by atoms with E-state index < -0.39 is 30.7 Å². The topological polar surface area (TPSA) is 132 Å². The quantitative estimate of drug-likeness (QED) is 0.306. The normalized spacial score (nSPS) is 22.4. The maximum atomic E-state index is 11.5. The van der Waals surface area contributed by atoms with Crippen molar-refractivity contribution < 1.29 is 52.3 Å². The molecule has 0 N–H and O–H groups in total. The zero-order chi connectivity index (χ0) is 18.9. The first-order valence-electron chi connectivity index (χ1n) is 8.12. The van der Waals surface area contributed by atoms with Crippen LogP contribution in [0.4, 0.5) is 14.4 Å². The Morgan fingerprint density at radius 1 is 0.769 bits per heavy atom. The van der Waals surface area contributed by atoms with E-state index in [-0.39, 0.29) is 38.6 Å². The third-order valence-electron chi connectivity index (χ3n) is 3.05. The molecule has 0 bridgehead atoms. The van der Waals surface area contributed by atoms with Crippen molar-refractivity contribution in [3.8, 4) is 0 Å². The van der Waals surface area contributed by atoms with Gasteiger partial charge in [-0.15, -0.1) is 0 Å². The molecule has 2 heterocycles. The van der Waals surface area contributed by atoms with Gasteiger partial charge in [-0.05, 0) is 13.8 Å². The summed E-state index contributed by atoms with van der Waals surface area (Å²) in [5, 5.41) is 0. The van der Waals surface area contributed by atoms with Crippen molar-refractivity contribution in [2.75, 3.05) is 39.6 Å². The second-order valence-corrected chi connectivity index (χ2v) is 5.76. The van der Waals surface area contributed by atoms with E-state index in [0.29, 0.717) is 13.2 Å². The molecule has 148 valence electrons. The van der Waals surface area contributed by atoms with E-state index in [2.05, 4.69) is 0 Å². The minimum atomic E-state index is -0.990. The summed E-state index contributed by atoms with van der Waals surface area (Å²) >= 11 is 0. The molecule has 0 aromatic heterocycles. The van der Waals surface area contributed by atoms with Crippen LogP contribution in [0.1, 0.15) is 13.8 Å². The highest BCUT2D eigenvalue weighted by molar-refractivity contribution is 5.61. The molecule has 11 nitrogen and oxygen atoms in total. The van der Waals surface area contributed by atoms with E-state index >= 15 is 0 Å². The minimum absolute atomic E-state index is 0.0604. The van der Waals surface area contributed by atoms with Gasteiger partial charge < -0.3 is 37.9 Å². The van der Waals surface area contributed by atoms with Crippen molar-refractivity contribution >= 4 is 18.5 Å². The molecule has 2 fully saturated rings. The molecule has 0 aliphatic carbocycles. The molecule has 4 unspecified atom stereocenters. The van der Waals surface area contributed by atoms with E-state index in [1.54, 1.807) is 0 Å². The summed E-state index contributed by atoms with van der Waals surface area (Å²) in [4.78, 5) is 34.1. The van der Waals surface area contributed by atoms with Crippen molar-refractivity contribution in [3.05, 3.63) is 0 Å². The van der Waals surface area contributed by atoms with Crippen LogP contribution in [-0.4, -0.2) is 82.5 Å². The van der Waals surface area contributed by atoms with Crippen LogP contribution in [0.25, 0.3) is 0 Å². The molecule has 2 aliphatic heterocycles. The van der Waals surface area contributed by atoms with Crippen LogP contribution in [0.3, 0.4) is 0 Å². The Hall–Kier alpha value is -2.27. The van der Waals surface area contributed by atoms with E-state index in [1.165, 1.54) is 13.8 Å². The van der Waals surface area contributed by atoms with E-state index in [0.717, 1.165) is 0 Å². The maximum absolute atomic E-state index is 11.5. The van der Waals surface area contributed by atoms with Gasteiger partial charge in [-0.2, -0.15) is 0 Å². The smallest absolute Gasteiger partial charge is 0.431 e. The summed E-state index contributed by atoms with van der Waals surface area (Å²) in [5.74, 6) is 0. The molecular formula is C15H22O11. The van der Waals surface area contributed by atoms with Crippen molar-refractivity contribution in [2.45, 2.75) is 38.3 Å². The Morgan fingerprint density at radius 2 is 1.15 bits per heavy atom. The van der Waals surface area contributed by atoms with Crippen LogP contribution in [0.5, 0.6) is 0 Å². The average Bonchev–Trinajstić information content (AvgIpc) is 3.48. The SMILES string of the molecule is CC(COC(=O)OCC1CO1)OC(=O)OCC(C)OC(=O)OCC1CO1.